The van der Waals surface area contributed by atoms with Crippen LogP contribution in [0.25, 0.3) is 11.2 Å². The number of rotatable bonds is 8. The molecule has 4 N–H and O–H groups in total. The van der Waals surface area contributed by atoms with Crippen molar-refractivity contribution in [2.45, 2.75) is 96.5 Å². The molecule has 2 aromatic rings. The van der Waals surface area contributed by atoms with Crippen LogP contribution in [0.4, 0.5) is 32.3 Å². The number of anilines is 1. The quantitative estimate of drug-likeness (QED) is 0.181. The lowest BCUT2D eigenvalue weighted by atomic mass is 10.1. The minimum absolute atomic E-state index is 0.0406. The average Bonchev–Trinajstić information content (AvgIpc) is 3.48. The van der Waals surface area contributed by atoms with Crippen molar-refractivity contribution >= 4 is 43.2 Å². The molecule has 2 amide bonds. The molecule has 0 aliphatic carbocycles. The summed E-state index contributed by atoms with van der Waals surface area (Å²) in [6.07, 6.45) is -12.5. The number of hydrogen-bond donors (Lipinski definition) is 4. The summed E-state index contributed by atoms with van der Waals surface area (Å²) in [5, 5.41) is 14.0. The molecule has 4 atom stereocenters. The second-order valence-corrected chi connectivity index (χ2v) is 16.9. The van der Waals surface area contributed by atoms with E-state index in [2.05, 4.69) is 25.0 Å². The van der Waals surface area contributed by atoms with E-state index < -0.39 is 81.0 Å². The topological polar surface area (TPSA) is 187 Å². The first-order chi connectivity index (χ1) is 21.3. The van der Waals surface area contributed by atoms with Crippen molar-refractivity contribution in [1.29, 1.82) is 0 Å². The van der Waals surface area contributed by atoms with Crippen molar-refractivity contribution in [3.05, 3.63) is 16.7 Å². The predicted octanol–water partition coefficient (Wildman–Crippen LogP) is 3.15. The largest absolute Gasteiger partial charge is 0.490 e. The molecule has 3 heterocycles. The highest BCUT2D eigenvalue weighted by Gasteiger charge is 2.53. The molecule has 0 radical (unpaired) electrons. The Morgan fingerprint density at radius 3 is 2.17 bits per heavy atom. The summed E-state index contributed by atoms with van der Waals surface area (Å²) in [6.45, 7) is 13.1. The summed E-state index contributed by atoms with van der Waals surface area (Å²) >= 11 is 0. The third kappa shape index (κ3) is 9.73. The summed E-state index contributed by atoms with van der Waals surface area (Å²) in [5.74, 6) is -5.33. The van der Waals surface area contributed by atoms with Crippen LogP contribution in [0.15, 0.2) is 11.1 Å². The fourth-order valence-corrected chi connectivity index (χ4v) is 5.11. The van der Waals surface area contributed by atoms with Crippen LogP contribution in [0.5, 0.6) is 0 Å². The summed E-state index contributed by atoms with van der Waals surface area (Å²) in [7, 11) is -2.70. The molecule has 0 saturated carbocycles. The second kappa shape index (κ2) is 14.7. The summed E-state index contributed by atoms with van der Waals surface area (Å²) < 4.78 is 90.3. The molecule has 14 nitrogen and oxygen atoms in total. The van der Waals surface area contributed by atoms with Gasteiger partial charge in [-0.25, -0.2) is 9.78 Å². The zero-order valence-corrected chi connectivity index (χ0v) is 27.8. The number of fused-ring (bicyclic) bond motifs is 1. The maximum Gasteiger partial charge on any atom is 0.490 e. The van der Waals surface area contributed by atoms with Gasteiger partial charge in [0.2, 0.25) is 11.9 Å². The normalized spacial score (nSPS) is 20.5. The molecule has 21 heteroatoms. The van der Waals surface area contributed by atoms with Gasteiger partial charge in [0.15, 0.2) is 25.7 Å². The second-order valence-electron chi connectivity index (χ2n) is 12.2. The lowest BCUT2D eigenvalue weighted by Gasteiger charge is -2.40. The van der Waals surface area contributed by atoms with Crippen LogP contribution in [0, 0.1) is 5.92 Å². The van der Waals surface area contributed by atoms with Crippen LogP contribution in [0.1, 0.15) is 47.8 Å². The van der Waals surface area contributed by atoms with Gasteiger partial charge < -0.3 is 24.3 Å². The lowest BCUT2D eigenvalue weighted by molar-refractivity contribution is -0.199. The van der Waals surface area contributed by atoms with E-state index in [0.717, 1.165) is 0 Å². The van der Waals surface area contributed by atoms with Gasteiger partial charge in [-0.15, -0.1) is 0 Å². The van der Waals surface area contributed by atoms with E-state index in [1.807, 2.05) is 39.2 Å². The number of carbonyl (C=O) groups excluding carboxylic acids is 3. The molecule has 266 valence electrons. The van der Waals surface area contributed by atoms with E-state index >= 15 is 0 Å². The Labute approximate surface area is 265 Å². The van der Waals surface area contributed by atoms with Crippen molar-refractivity contribution < 1.29 is 59.7 Å². The van der Waals surface area contributed by atoms with E-state index in [0.29, 0.717) is 0 Å². The molecule has 1 fully saturated rings. The van der Waals surface area contributed by atoms with Gasteiger partial charge in [-0.2, -0.15) is 31.3 Å². The Balaban J connectivity index is 0.000000745. The predicted molar refractivity (Wildman–Crippen MR) is 155 cm³/mol. The van der Waals surface area contributed by atoms with Crippen LogP contribution >= 0.6 is 0 Å². The number of carbonyl (C=O) groups is 3. The number of imidazole rings is 1. The number of aromatic amines is 1. The zero-order chi connectivity index (χ0) is 36.3. The van der Waals surface area contributed by atoms with Crippen LogP contribution in [0.2, 0.25) is 18.1 Å². The van der Waals surface area contributed by atoms with Gasteiger partial charge in [-0.1, -0.05) is 34.6 Å². The maximum atomic E-state index is 13.2. The van der Waals surface area contributed by atoms with Gasteiger partial charge >= 0.3 is 24.2 Å². The lowest BCUT2D eigenvalue weighted by Crippen LogP contribution is -2.56. The number of esters is 1. The standard InChI is InChI=1S/C22H33F3N6O6Si.C4H5F3O2/c1-10(2)16(33)29-20-28-15-13(17(34)30-20)26-9-31(15)18-14(37-38(6,7)21(3,4)5)12(11(8-32)36-18)27-19(35)22(23,24)25;1-2-9-3(8)4(5,6)7/h9-12,14,18,32H,8H2,1-7H3,(H,27,35)(H2,28,29,30,33,34);2H2,1H3/t11-,12-,14+,18-;/m1./s1. The summed E-state index contributed by atoms with van der Waals surface area (Å²) in [4.78, 5) is 57.2. The minimum atomic E-state index is -5.18. The van der Waals surface area contributed by atoms with Crippen LogP contribution < -0.4 is 16.2 Å². The fraction of sp³-hybridized carbons (Fsp3) is 0.692. The van der Waals surface area contributed by atoms with Gasteiger partial charge in [0.1, 0.15) is 12.2 Å². The van der Waals surface area contributed by atoms with Gasteiger partial charge in [0.25, 0.3) is 5.56 Å². The summed E-state index contributed by atoms with van der Waals surface area (Å²) in [5.41, 5.74) is -0.833. The Bertz CT molecular complexity index is 1490. The van der Waals surface area contributed by atoms with Crippen LogP contribution in [-0.4, -0.2) is 94.5 Å². The Kier molecular flexibility index (Phi) is 12.4. The number of nitrogens with zero attached hydrogens (tertiary/aromatic N) is 3. The number of halogens is 6. The summed E-state index contributed by atoms with van der Waals surface area (Å²) in [6, 6.07) is -1.40. The fourth-order valence-electron chi connectivity index (χ4n) is 3.81. The number of ether oxygens (including phenoxy) is 2. The smallest absolute Gasteiger partial charge is 0.459 e. The molecule has 3 rings (SSSR count). The molecule has 1 aliphatic heterocycles. The van der Waals surface area contributed by atoms with Crippen molar-refractivity contribution in [2.24, 2.45) is 5.92 Å². The van der Waals surface area contributed by atoms with E-state index in [1.165, 1.54) is 17.8 Å². The number of H-pyrrole nitrogens is 1. The zero-order valence-electron chi connectivity index (χ0n) is 26.8. The van der Waals surface area contributed by atoms with Crippen LogP contribution in [-0.2, 0) is 28.3 Å². The van der Waals surface area contributed by atoms with Crippen LogP contribution in [0.3, 0.4) is 0 Å². The number of aromatic nitrogens is 4. The number of aliphatic hydroxyl groups excluding tert-OH is 1. The number of alkyl halides is 6. The molecule has 0 bridgehead atoms. The maximum absolute atomic E-state index is 13.2. The highest BCUT2D eigenvalue weighted by atomic mass is 28.4. The molecule has 1 saturated heterocycles. The SMILES string of the molecule is CC(C)C(=O)Nc1nc2c(ncn2[C@@H]2O[C@H](CO)[C@@H](NC(=O)C(F)(F)F)[C@@H]2O[Si](C)(C)C(C)(C)C)c(=O)[nH]1.CCOC(=O)C(F)(F)F. The monoisotopic (exact) mass is 704 g/mol. The Morgan fingerprint density at radius 2 is 1.72 bits per heavy atom. The highest BCUT2D eigenvalue weighted by molar-refractivity contribution is 6.74. The number of aliphatic hydroxyl groups is 1. The van der Waals surface area contributed by atoms with Crippen molar-refractivity contribution in [3.63, 3.8) is 0 Å². The van der Waals surface area contributed by atoms with Crippen molar-refractivity contribution in [3.8, 4) is 0 Å². The van der Waals surface area contributed by atoms with E-state index in [-0.39, 0.29) is 28.8 Å². The average molecular weight is 705 g/mol. The number of nitrogens with one attached hydrogen (secondary N) is 3. The first kappa shape index (κ1) is 39.6. The molecule has 2 aromatic heterocycles. The number of hydrogen-bond acceptors (Lipinski definition) is 10. The van der Waals surface area contributed by atoms with E-state index in [1.54, 1.807) is 13.8 Å². The molecule has 1 aliphatic rings. The number of amides is 2. The molecular weight excluding hydrogens is 666 g/mol. The Morgan fingerprint density at radius 1 is 1.13 bits per heavy atom. The van der Waals surface area contributed by atoms with Gasteiger partial charge in [-0.05, 0) is 25.1 Å². The highest BCUT2D eigenvalue weighted by Crippen LogP contribution is 2.42. The molecule has 0 spiro atoms. The third-order valence-corrected chi connectivity index (χ3v) is 11.8. The van der Waals surface area contributed by atoms with E-state index in [9.17, 15) is 50.6 Å². The third-order valence-electron chi connectivity index (χ3n) is 7.30. The molecular formula is C26H38F6N6O8Si. The van der Waals surface area contributed by atoms with Crippen molar-refractivity contribution in [1.82, 2.24) is 24.8 Å². The first-order valence-electron chi connectivity index (χ1n) is 14.2. The first-order valence-corrected chi connectivity index (χ1v) is 17.1. The van der Waals surface area contributed by atoms with Gasteiger partial charge in [0, 0.05) is 5.92 Å². The van der Waals surface area contributed by atoms with Gasteiger partial charge in [-0.3, -0.25) is 29.3 Å². The van der Waals surface area contributed by atoms with Gasteiger partial charge in [0.05, 0.1) is 25.6 Å². The molecule has 0 unspecified atom stereocenters. The minimum Gasteiger partial charge on any atom is -0.459 e. The van der Waals surface area contributed by atoms with Crippen molar-refractivity contribution in [2.75, 3.05) is 18.5 Å². The van der Waals surface area contributed by atoms with E-state index in [4.69, 9.17) is 9.16 Å². The molecule has 47 heavy (non-hydrogen) atoms. The Hall–Kier alpha value is -3.56. The molecule has 0 aromatic carbocycles.